The Morgan fingerprint density at radius 3 is 2.76 bits per heavy atom. The van der Waals surface area contributed by atoms with E-state index in [9.17, 15) is 4.79 Å². The summed E-state index contributed by atoms with van der Waals surface area (Å²) >= 11 is 1.31. The van der Waals surface area contributed by atoms with Crippen LogP contribution in [-0.4, -0.2) is 23.3 Å². The largest absolute Gasteiger partial charge is 0.461 e. The van der Waals surface area contributed by atoms with Crippen LogP contribution in [0.2, 0.25) is 0 Å². The first-order valence-corrected chi connectivity index (χ1v) is 7.48. The van der Waals surface area contributed by atoms with Crippen LogP contribution < -0.4 is 5.43 Å². The van der Waals surface area contributed by atoms with Gasteiger partial charge in [-0.3, -0.25) is 5.43 Å². The molecule has 0 radical (unpaired) electrons. The molecular weight excluding hydrogens is 286 g/mol. The Labute approximate surface area is 127 Å². The second kappa shape index (κ2) is 6.99. The van der Waals surface area contributed by atoms with Gasteiger partial charge in [-0.25, -0.2) is 9.78 Å². The van der Waals surface area contributed by atoms with Crippen molar-refractivity contribution in [2.24, 2.45) is 5.10 Å². The molecule has 21 heavy (non-hydrogen) atoms. The first-order valence-electron chi connectivity index (χ1n) is 6.60. The minimum absolute atomic E-state index is 0.299. The van der Waals surface area contributed by atoms with Crippen LogP contribution in [0.15, 0.2) is 34.7 Å². The fourth-order valence-corrected chi connectivity index (χ4v) is 2.24. The summed E-state index contributed by atoms with van der Waals surface area (Å²) in [6, 6.07) is 8.11. The van der Waals surface area contributed by atoms with Gasteiger partial charge < -0.3 is 4.74 Å². The zero-order valence-corrected chi connectivity index (χ0v) is 13.0. The van der Waals surface area contributed by atoms with Crippen molar-refractivity contribution in [2.45, 2.75) is 20.8 Å². The SMILES string of the molecule is CCOC(=O)c1csc(N/N=C(\C)c2ccc(C)cc2)n1. The second-order valence-electron chi connectivity index (χ2n) is 4.43. The molecule has 0 unspecified atom stereocenters. The van der Waals surface area contributed by atoms with Crippen LogP contribution in [0.3, 0.4) is 0 Å². The lowest BCUT2D eigenvalue weighted by atomic mass is 10.1. The van der Waals surface area contributed by atoms with Crippen LogP contribution in [0.4, 0.5) is 5.13 Å². The van der Waals surface area contributed by atoms with E-state index in [4.69, 9.17) is 4.74 Å². The highest BCUT2D eigenvalue weighted by atomic mass is 32.1. The zero-order valence-electron chi connectivity index (χ0n) is 12.2. The van der Waals surface area contributed by atoms with Crippen molar-refractivity contribution in [3.8, 4) is 0 Å². The molecule has 1 heterocycles. The normalized spacial score (nSPS) is 11.3. The van der Waals surface area contributed by atoms with Gasteiger partial charge in [0.25, 0.3) is 0 Å². The third-order valence-electron chi connectivity index (χ3n) is 2.78. The van der Waals surface area contributed by atoms with E-state index in [1.165, 1.54) is 16.9 Å². The summed E-state index contributed by atoms with van der Waals surface area (Å²) in [5.74, 6) is -0.416. The van der Waals surface area contributed by atoms with Crippen LogP contribution in [0.1, 0.15) is 35.5 Å². The zero-order chi connectivity index (χ0) is 15.2. The molecule has 0 fully saturated rings. The van der Waals surface area contributed by atoms with Crippen LogP contribution in [0.25, 0.3) is 0 Å². The number of hydrogen-bond acceptors (Lipinski definition) is 6. The monoisotopic (exact) mass is 303 g/mol. The third kappa shape index (κ3) is 4.13. The minimum Gasteiger partial charge on any atom is -0.461 e. The number of carbonyl (C=O) groups excluding carboxylic acids is 1. The number of ether oxygens (including phenoxy) is 1. The lowest BCUT2D eigenvalue weighted by Crippen LogP contribution is -2.05. The lowest BCUT2D eigenvalue weighted by molar-refractivity contribution is 0.0520. The summed E-state index contributed by atoms with van der Waals surface area (Å²) in [6.45, 7) is 6.06. The number of rotatable bonds is 5. The van der Waals surface area contributed by atoms with Crippen molar-refractivity contribution >= 4 is 28.1 Å². The number of thiazole rings is 1. The smallest absolute Gasteiger partial charge is 0.357 e. The van der Waals surface area contributed by atoms with E-state index in [1.54, 1.807) is 12.3 Å². The maximum Gasteiger partial charge on any atom is 0.357 e. The molecule has 0 saturated heterocycles. The molecule has 0 aliphatic rings. The number of hydrogen-bond donors (Lipinski definition) is 1. The van der Waals surface area contributed by atoms with Crippen LogP contribution in [0.5, 0.6) is 0 Å². The molecule has 0 aliphatic heterocycles. The molecule has 5 nitrogen and oxygen atoms in total. The third-order valence-corrected chi connectivity index (χ3v) is 3.52. The highest BCUT2D eigenvalue weighted by Gasteiger charge is 2.11. The number of esters is 1. The van der Waals surface area contributed by atoms with Gasteiger partial charge in [0, 0.05) is 5.38 Å². The molecule has 0 atom stereocenters. The molecule has 1 aromatic carbocycles. The van der Waals surface area contributed by atoms with Gasteiger partial charge in [0.05, 0.1) is 12.3 Å². The van der Waals surface area contributed by atoms with Crippen molar-refractivity contribution in [3.63, 3.8) is 0 Å². The first kappa shape index (κ1) is 15.2. The number of nitrogens with zero attached hydrogens (tertiary/aromatic N) is 2. The molecule has 1 aromatic heterocycles. The van der Waals surface area contributed by atoms with Crippen molar-refractivity contribution in [1.29, 1.82) is 0 Å². The average molecular weight is 303 g/mol. The Balaban J connectivity index is 2.03. The highest BCUT2D eigenvalue weighted by molar-refractivity contribution is 7.13. The number of carbonyl (C=O) groups is 1. The van der Waals surface area contributed by atoms with Gasteiger partial charge in [0.15, 0.2) is 5.69 Å². The standard InChI is InChI=1S/C15H17N3O2S/c1-4-20-14(19)13-9-21-15(16-13)18-17-11(3)12-7-5-10(2)6-8-12/h5-9H,4H2,1-3H3,(H,16,18)/b17-11+. The van der Waals surface area contributed by atoms with E-state index in [0.717, 1.165) is 11.3 Å². The molecule has 0 aliphatic carbocycles. The average Bonchev–Trinajstić information content (AvgIpc) is 2.95. The molecule has 2 aromatic rings. The molecule has 0 saturated carbocycles. The van der Waals surface area contributed by atoms with E-state index in [0.29, 0.717) is 17.4 Å². The topological polar surface area (TPSA) is 63.6 Å². The summed E-state index contributed by atoms with van der Waals surface area (Å²) in [5.41, 5.74) is 6.26. The predicted octanol–water partition coefficient (Wildman–Crippen LogP) is 3.46. The maximum atomic E-state index is 11.5. The predicted molar refractivity (Wildman–Crippen MR) is 85.1 cm³/mol. The Morgan fingerprint density at radius 2 is 2.10 bits per heavy atom. The van der Waals surface area contributed by atoms with Gasteiger partial charge >= 0.3 is 5.97 Å². The molecule has 0 amide bonds. The number of aromatic nitrogens is 1. The van der Waals surface area contributed by atoms with Gasteiger partial charge in [-0.15, -0.1) is 11.3 Å². The van der Waals surface area contributed by atoms with Crippen molar-refractivity contribution < 1.29 is 9.53 Å². The fourth-order valence-electron chi connectivity index (χ4n) is 1.61. The lowest BCUT2D eigenvalue weighted by Gasteiger charge is -2.01. The Bertz CT molecular complexity index is 647. The van der Waals surface area contributed by atoms with Gasteiger partial charge in [-0.05, 0) is 26.3 Å². The van der Waals surface area contributed by atoms with Gasteiger partial charge in [-0.1, -0.05) is 29.8 Å². The first-order chi connectivity index (χ1) is 10.1. The molecule has 1 N–H and O–H groups in total. The summed E-state index contributed by atoms with van der Waals surface area (Å²) < 4.78 is 4.89. The second-order valence-corrected chi connectivity index (χ2v) is 5.29. The van der Waals surface area contributed by atoms with E-state index < -0.39 is 5.97 Å². The fraction of sp³-hybridized carbons (Fsp3) is 0.267. The van der Waals surface area contributed by atoms with Crippen LogP contribution >= 0.6 is 11.3 Å². The van der Waals surface area contributed by atoms with E-state index >= 15 is 0 Å². The molecule has 2 rings (SSSR count). The maximum absolute atomic E-state index is 11.5. The summed E-state index contributed by atoms with van der Waals surface area (Å²) in [5, 5.41) is 6.49. The number of nitrogens with one attached hydrogen (secondary N) is 1. The van der Waals surface area contributed by atoms with E-state index in [-0.39, 0.29) is 0 Å². The number of anilines is 1. The molecule has 110 valence electrons. The molecule has 6 heteroatoms. The summed E-state index contributed by atoms with van der Waals surface area (Å²) in [4.78, 5) is 15.6. The van der Waals surface area contributed by atoms with Gasteiger partial charge in [0.1, 0.15) is 0 Å². The number of aryl methyl sites for hydroxylation is 1. The minimum atomic E-state index is -0.416. The molecule has 0 bridgehead atoms. The van der Waals surface area contributed by atoms with Crippen LogP contribution in [-0.2, 0) is 4.74 Å². The van der Waals surface area contributed by atoms with Crippen LogP contribution in [0, 0.1) is 6.92 Å². The molecule has 0 spiro atoms. The van der Waals surface area contributed by atoms with Crippen molar-refractivity contribution in [2.75, 3.05) is 12.0 Å². The Kier molecular flexibility index (Phi) is 5.05. The van der Waals surface area contributed by atoms with Crippen molar-refractivity contribution in [1.82, 2.24) is 4.98 Å². The Morgan fingerprint density at radius 1 is 1.38 bits per heavy atom. The van der Waals surface area contributed by atoms with Gasteiger partial charge in [-0.2, -0.15) is 5.10 Å². The Hall–Kier alpha value is -2.21. The van der Waals surface area contributed by atoms with E-state index in [2.05, 4.69) is 15.5 Å². The quantitative estimate of drug-likeness (QED) is 0.522. The summed E-state index contributed by atoms with van der Waals surface area (Å²) in [7, 11) is 0. The highest BCUT2D eigenvalue weighted by Crippen LogP contribution is 2.16. The molecular formula is C15H17N3O2S. The summed E-state index contributed by atoms with van der Waals surface area (Å²) in [6.07, 6.45) is 0. The van der Waals surface area contributed by atoms with E-state index in [1.807, 2.05) is 38.1 Å². The van der Waals surface area contributed by atoms with Crippen molar-refractivity contribution in [3.05, 3.63) is 46.5 Å². The number of hydrazone groups is 1. The number of benzene rings is 1. The van der Waals surface area contributed by atoms with Gasteiger partial charge in [0.2, 0.25) is 5.13 Å².